The summed E-state index contributed by atoms with van der Waals surface area (Å²) in [7, 11) is 1.59. The summed E-state index contributed by atoms with van der Waals surface area (Å²) in [4.78, 5) is 19.9. The summed E-state index contributed by atoms with van der Waals surface area (Å²) in [6, 6.07) is 7.82. The van der Waals surface area contributed by atoms with Gasteiger partial charge in [-0.2, -0.15) is 0 Å². The van der Waals surface area contributed by atoms with Crippen molar-refractivity contribution < 1.29 is 28.5 Å². The molecule has 3 rings (SSSR count). The van der Waals surface area contributed by atoms with Gasteiger partial charge in [0.1, 0.15) is 31.2 Å². The number of hydrogen-bond donors (Lipinski definition) is 2. The summed E-state index contributed by atoms with van der Waals surface area (Å²) >= 11 is 5.89. The van der Waals surface area contributed by atoms with Gasteiger partial charge < -0.3 is 24.6 Å². The molecule has 3 aromatic rings. The first-order valence-corrected chi connectivity index (χ1v) is 10.8. The van der Waals surface area contributed by atoms with Crippen molar-refractivity contribution in [2.24, 2.45) is 0 Å². The third-order valence-corrected chi connectivity index (χ3v) is 5.00. The maximum Gasteiger partial charge on any atom is 0.163 e. The van der Waals surface area contributed by atoms with Crippen LogP contribution in [0.1, 0.15) is 19.3 Å². The van der Waals surface area contributed by atoms with Gasteiger partial charge in [-0.15, -0.1) is 0 Å². The fourth-order valence-corrected chi connectivity index (χ4v) is 3.20. The molecule has 0 unspecified atom stereocenters. The van der Waals surface area contributed by atoms with Crippen molar-refractivity contribution in [2.75, 3.05) is 38.9 Å². The lowest BCUT2D eigenvalue weighted by Gasteiger charge is -2.15. The number of aromatic nitrogens is 2. The van der Waals surface area contributed by atoms with E-state index < -0.39 is 12.4 Å². The first-order valence-electron chi connectivity index (χ1n) is 10.4. The van der Waals surface area contributed by atoms with E-state index in [1.54, 1.807) is 25.3 Å². The van der Waals surface area contributed by atoms with E-state index in [4.69, 9.17) is 30.9 Å². The van der Waals surface area contributed by atoms with Crippen LogP contribution in [0, 0.1) is 5.82 Å². The molecule has 0 amide bonds. The maximum atomic E-state index is 13.5. The van der Waals surface area contributed by atoms with Crippen molar-refractivity contribution in [1.29, 1.82) is 0 Å². The topological polar surface area (TPSA) is 103 Å². The van der Waals surface area contributed by atoms with Crippen LogP contribution in [-0.2, 0) is 9.53 Å². The number of carbonyl (C=O) groups excluding carboxylic acids is 1. The predicted molar refractivity (Wildman–Crippen MR) is 123 cm³/mol. The third kappa shape index (κ3) is 6.98. The van der Waals surface area contributed by atoms with E-state index in [9.17, 15) is 9.18 Å². The van der Waals surface area contributed by atoms with E-state index >= 15 is 0 Å². The minimum absolute atomic E-state index is 0.00380. The number of aliphatic hydroxyl groups is 1. The number of fused-ring (bicyclic) bond motifs is 1. The highest BCUT2D eigenvalue weighted by Crippen LogP contribution is 2.35. The van der Waals surface area contributed by atoms with E-state index in [0.29, 0.717) is 73.0 Å². The number of unbranched alkanes of at least 4 members (excludes halogenated alkanes) is 1. The number of aliphatic hydroxyl groups excluding tert-OH is 1. The van der Waals surface area contributed by atoms with Crippen molar-refractivity contribution in [3.05, 3.63) is 47.5 Å². The number of rotatable bonds is 13. The molecular formula is C23H25ClFN3O5. The van der Waals surface area contributed by atoms with Crippen molar-refractivity contribution >= 4 is 39.8 Å². The molecule has 0 aliphatic carbocycles. The molecule has 2 N–H and O–H groups in total. The number of nitrogens with one attached hydrogen (secondary N) is 1. The second-order valence-electron chi connectivity index (χ2n) is 7.14. The van der Waals surface area contributed by atoms with Crippen LogP contribution in [0.2, 0.25) is 5.02 Å². The highest BCUT2D eigenvalue weighted by molar-refractivity contribution is 6.31. The van der Waals surface area contributed by atoms with Gasteiger partial charge in [-0.1, -0.05) is 11.6 Å². The third-order valence-electron chi connectivity index (χ3n) is 4.71. The summed E-state index contributed by atoms with van der Waals surface area (Å²) in [5.41, 5.74) is 1.19. The number of ether oxygens (including phenoxy) is 3. The summed E-state index contributed by atoms with van der Waals surface area (Å²) in [6.45, 7) is 0.642. The van der Waals surface area contributed by atoms with Gasteiger partial charge in [-0.05, 0) is 37.1 Å². The molecule has 8 nitrogen and oxygen atoms in total. The molecule has 10 heteroatoms. The Morgan fingerprint density at radius 1 is 1.09 bits per heavy atom. The largest absolute Gasteiger partial charge is 0.490 e. The quantitative estimate of drug-likeness (QED) is 0.351. The molecule has 33 heavy (non-hydrogen) atoms. The molecule has 0 saturated carbocycles. The Balaban J connectivity index is 1.84. The predicted octanol–water partition coefficient (Wildman–Crippen LogP) is 4.30. The number of halogens is 2. The average molecular weight is 478 g/mol. The number of hydrogen-bond acceptors (Lipinski definition) is 8. The van der Waals surface area contributed by atoms with Crippen LogP contribution in [0.25, 0.3) is 10.9 Å². The van der Waals surface area contributed by atoms with Crippen molar-refractivity contribution in [3.8, 4) is 11.5 Å². The van der Waals surface area contributed by atoms with Crippen molar-refractivity contribution in [1.82, 2.24) is 9.97 Å². The number of ketones is 1. The lowest BCUT2D eigenvalue weighted by molar-refractivity contribution is -0.121. The number of Topliss-reactive ketones (excluding diaryl/α,β-unsaturated/α-hetero) is 1. The van der Waals surface area contributed by atoms with Gasteiger partial charge >= 0.3 is 0 Å². The van der Waals surface area contributed by atoms with Gasteiger partial charge in [0.05, 0.1) is 23.8 Å². The van der Waals surface area contributed by atoms with Crippen LogP contribution in [0.5, 0.6) is 11.5 Å². The lowest BCUT2D eigenvalue weighted by Crippen LogP contribution is -2.08. The molecule has 0 radical (unpaired) electrons. The SMILES string of the molecule is COCCOc1cc2ncnc(Nc3ccc(F)c(Cl)c3)c2cc1OCCCCC(=O)CO. The summed E-state index contributed by atoms with van der Waals surface area (Å²) in [5.74, 6) is 0.772. The summed E-state index contributed by atoms with van der Waals surface area (Å²) < 4.78 is 30.3. The number of benzene rings is 2. The van der Waals surface area contributed by atoms with Crippen LogP contribution in [-0.4, -0.2) is 54.4 Å². The fourth-order valence-electron chi connectivity index (χ4n) is 3.02. The molecule has 0 fully saturated rings. The van der Waals surface area contributed by atoms with Gasteiger partial charge in [-0.25, -0.2) is 14.4 Å². The monoisotopic (exact) mass is 477 g/mol. The Morgan fingerprint density at radius 2 is 1.88 bits per heavy atom. The zero-order valence-corrected chi connectivity index (χ0v) is 18.9. The van der Waals surface area contributed by atoms with Crippen LogP contribution >= 0.6 is 11.6 Å². The van der Waals surface area contributed by atoms with Crippen LogP contribution < -0.4 is 14.8 Å². The van der Waals surface area contributed by atoms with E-state index in [1.807, 2.05) is 0 Å². The summed E-state index contributed by atoms with van der Waals surface area (Å²) in [6.07, 6.45) is 2.95. The minimum atomic E-state index is -0.510. The standard InChI is InChI=1S/C23H25ClFN3O5/c1-31-8-9-33-22-12-20-17(11-21(22)32-7-3-2-4-16(30)13-29)23(27-14-26-20)28-15-5-6-19(25)18(24)10-15/h5-6,10-12,14,29H,2-4,7-9,13H2,1H3,(H,26,27,28). The number of nitrogens with zero attached hydrogens (tertiary/aromatic N) is 2. The Bertz CT molecular complexity index is 1100. The minimum Gasteiger partial charge on any atom is -0.490 e. The molecule has 1 aromatic heterocycles. The first-order chi connectivity index (χ1) is 16.0. The van der Waals surface area contributed by atoms with Gasteiger partial charge in [0.25, 0.3) is 0 Å². The van der Waals surface area contributed by atoms with Gasteiger partial charge in [0.2, 0.25) is 0 Å². The molecule has 0 aliphatic heterocycles. The maximum absolute atomic E-state index is 13.5. The Morgan fingerprint density at radius 3 is 2.64 bits per heavy atom. The average Bonchev–Trinajstić information content (AvgIpc) is 2.81. The van der Waals surface area contributed by atoms with Gasteiger partial charge in [-0.3, -0.25) is 4.79 Å². The normalized spacial score (nSPS) is 10.9. The van der Waals surface area contributed by atoms with Crippen LogP contribution in [0.3, 0.4) is 0 Å². The van der Waals surface area contributed by atoms with Crippen molar-refractivity contribution in [3.63, 3.8) is 0 Å². The van der Waals surface area contributed by atoms with E-state index in [0.717, 1.165) is 0 Å². The Kier molecular flexibility index (Phi) is 9.17. The highest BCUT2D eigenvalue weighted by atomic mass is 35.5. The van der Waals surface area contributed by atoms with Crippen LogP contribution in [0.4, 0.5) is 15.9 Å². The number of methoxy groups -OCH3 is 1. The molecule has 0 aliphatic rings. The van der Waals surface area contributed by atoms with Crippen molar-refractivity contribution in [2.45, 2.75) is 19.3 Å². The van der Waals surface area contributed by atoms with E-state index in [1.165, 1.54) is 18.5 Å². The first kappa shape index (κ1) is 24.6. The fraction of sp³-hybridized carbons (Fsp3) is 0.348. The number of carbonyl (C=O) groups is 1. The zero-order chi connectivity index (χ0) is 23.6. The van der Waals surface area contributed by atoms with E-state index in [2.05, 4.69) is 15.3 Å². The molecule has 2 aromatic carbocycles. The van der Waals surface area contributed by atoms with E-state index in [-0.39, 0.29) is 10.8 Å². The number of anilines is 2. The molecule has 1 heterocycles. The Hall–Kier alpha value is -3.01. The Labute approximate surface area is 195 Å². The second-order valence-corrected chi connectivity index (χ2v) is 7.54. The molecule has 0 bridgehead atoms. The molecule has 176 valence electrons. The summed E-state index contributed by atoms with van der Waals surface area (Å²) in [5, 5.41) is 12.6. The van der Waals surface area contributed by atoms with Gasteiger partial charge in [0.15, 0.2) is 17.3 Å². The lowest BCUT2D eigenvalue weighted by atomic mass is 10.2. The highest BCUT2D eigenvalue weighted by Gasteiger charge is 2.13. The second kappa shape index (κ2) is 12.3. The van der Waals surface area contributed by atoms with Crippen LogP contribution in [0.15, 0.2) is 36.7 Å². The molecule has 0 atom stereocenters. The zero-order valence-electron chi connectivity index (χ0n) is 18.1. The molecular weight excluding hydrogens is 453 g/mol. The molecule has 0 spiro atoms. The van der Waals surface area contributed by atoms with Gasteiger partial charge in [0, 0.05) is 30.7 Å². The molecule has 0 saturated heterocycles. The smallest absolute Gasteiger partial charge is 0.163 e.